The third kappa shape index (κ3) is 5.83. The number of phosphoric ester groups is 1. The third-order valence-electron chi connectivity index (χ3n) is 3.11. The molecule has 7 nitrogen and oxygen atoms in total. The first-order valence-electron chi connectivity index (χ1n) is 7.31. The van der Waals surface area contributed by atoms with E-state index in [1.54, 1.807) is 31.2 Å². The fraction of sp³-hybridized carbons (Fsp3) is 0.250. The smallest absolute Gasteiger partial charge is 0.404 e. The highest BCUT2D eigenvalue weighted by molar-refractivity contribution is 7.48. The number of hydrogen-bond acceptors (Lipinski definition) is 6. The van der Waals surface area contributed by atoms with Gasteiger partial charge in [0.05, 0.1) is 11.4 Å². The molecule has 1 unspecified atom stereocenters. The largest absolute Gasteiger partial charge is 0.530 e. The van der Waals surface area contributed by atoms with E-state index in [0.29, 0.717) is 16.4 Å². The van der Waals surface area contributed by atoms with Gasteiger partial charge >= 0.3 is 7.82 Å². The minimum atomic E-state index is -3.94. The van der Waals surface area contributed by atoms with Gasteiger partial charge in [0, 0.05) is 17.8 Å². The molecule has 1 aromatic heterocycles. The Morgan fingerprint density at radius 2 is 1.88 bits per heavy atom. The van der Waals surface area contributed by atoms with Crippen molar-refractivity contribution in [1.29, 1.82) is 0 Å². The number of pyridine rings is 1. The Bertz CT molecular complexity index is 798. The first-order chi connectivity index (χ1) is 11.8. The lowest BCUT2D eigenvalue weighted by molar-refractivity contribution is -0.118. The Labute approximate surface area is 150 Å². The Morgan fingerprint density at radius 1 is 1.20 bits per heavy atom. The summed E-state index contributed by atoms with van der Waals surface area (Å²) in [5.74, 6) is -0.265. The van der Waals surface area contributed by atoms with Crippen LogP contribution in [0.25, 0.3) is 0 Å². The van der Waals surface area contributed by atoms with Gasteiger partial charge in [0.15, 0.2) is 0 Å². The fourth-order valence-electron chi connectivity index (χ4n) is 1.88. The predicted molar refractivity (Wildman–Crippen MR) is 95.0 cm³/mol. The molecule has 1 atom stereocenters. The van der Waals surface area contributed by atoms with E-state index in [4.69, 9.17) is 25.2 Å². The standard InChI is InChI=1S/C16H18ClN2O5P/c1-11-4-9-15(12(2)18-11)19-16(20)10-23-25(21,22-3)24-14-7-5-13(17)6-8-14/h4-9H,10H2,1-3H3,(H,19,20). The molecule has 2 aromatic rings. The fourth-order valence-corrected chi connectivity index (χ4v) is 2.90. The van der Waals surface area contributed by atoms with Crippen molar-refractivity contribution in [3.63, 3.8) is 0 Å². The van der Waals surface area contributed by atoms with Crippen LogP contribution in [0.15, 0.2) is 36.4 Å². The van der Waals surface area contributed by atoms with E-state index in [9.17, 15) is 9.36 Å². The molecule has 0 radical (unpaired) electrons. The van der Waals surface area contributed by atoms with Crippen LogP contribution in [0.1, 0.15) is 11.4 Å². The molecule has 0 aliphatic heterocycles. The Hall–Kier alpha value is -1.92. The van der Waals surface area contributed by atoms with Crippen molar-refractivity contribution in [2.45, 2.75) is 13.8 Å². The van der Waals surface area contributed by atoms with Crippen LogP contribution in [0, 0.1) is 13.8 Å². The molecule has 0 aliphatic rings. The van der Waals surface area contributed by atoms with Gasteiger partial charge in [-0.05, 0) is 50.2 Å². The van der Waals surface area contributed by atoms with Gasteiger partial charge in [-0.1, -0.05) is 11.6 Å². The summed E-state index contributed by atoms with van der Waals surface area (Å²) in [5.41, 5.74) is 2.05. The van der Waals surface area contributed by atoms with Crippen molar-refractivity contribution in [3.05, 3.63) is 52.8 Å². The highest BCUT2D eigenvalue weighted by atomic mass is 35.5. The number of anilines is 1. The topological polar surface area (TPSA) is 86.8 Å². The molecule has 0 aliphatic carbocycles. The van der Waals surface area contributed by atoms with Crippen LogP contribution in [0.3, 0.4) is 0 Å². The molecular formula is C16H18ClN2O5P. The zero-order chi connectivity index (χ0) is 18.4. The molecule has 0 saturated carbocycles. The van der Waals surface area contributed by atoms with E-state index < -0.39 is 20.3 Å². The summed E-state index contributed by atoms with van der Waals surface area (Å²) in [6.07, 6.45) is 0. The number of amides is 1. The van der Waals surface area contributed by atoms with Crippen LogP contribution in [0.5, 0.6) is 5.75 Å². The van der Waals surface area contributed by atoms with Gasteiger partial charge in [-0.2, -0.15) is 0 Å². The summed E-state index contributed by atoms with van der Waals surface area (Å²) in [4.78, 5) is 16.2. The molecule has 0 fully saturated rings. The summed E-state index contributed by atoms with van der Waals surface area (Å²) in [7, 11) is -2.77. The van der Waals surface area contributed by atoms with E-state index in [1.165, 1.54) is 19.2 Å². The summed E-state index contributed by atoms with van der Waals surface area (Å²) in [6, 6.07) is 9.66. The SMILES string of the molecule is COP(=O)(OCC(=O)Nc1ccc(C)nc1C)Oc1ccc(Cl)cc1. The van der Waals surface area contributed by atoms with Gasteiger partial charge in [0.25, 0.3) is 5.91 Å². The van der Waals surface area contributed by atoms with Crippen LogP contribution in [-0.2, 0) is 18.4 Å². The molecule has 1 heterocycles. The summed E-state index contributed by atoms with van der Waals surface area (Å²) in [5, 5.41) is 3.13. The average Bonchev–Trinajstić information content (AvgIpc) is 2.58. The maximum absolute atomic E-state index is 12.4. The summed E-state index contributed by atoms with van der Waals surface area (Å²) in [6.45, 7) is 3.11. The lowest BCUT2D eigenvalue weighted by atomic mass is 10.3. The number of nitrogens with one attached hydrogen (secondary N) is 1. The van der Waals surface area contributed by atoms with Gasteiger partial charge < -0.3 is 9.84 Å². The third-order valence-corrected chi connectivity index (χ3v) is 4.69. The predicted octanol–water partition coefficient (Wildman–Crippen LogP) is 4.14. The molecule has 134 valence electrons. The molecule has 2 rings (SSSR count). The molecule has 1 amide bonds. The van der Waals surface area contributed by atoms with Gasteiger partial charge in [0.2, 0.25) is 0 Å². The number of phosphoric acid groups is 1. The maximum Gasteiger partial charge on any atom is 0.530 e. The van der Waals surface area contributed by atoms with Crippen molar-refractivity contribution in [2.75, 3.05) is 19.0 Å². The highest BCUT2D eigenvalue weighted by Gasteiger charge is 2.28. The average molecular weight is 385 g/mol. The Balaban J connectivity index is 1.95. The van der Waals surface area contributed by atoms with Crippen molar-refractivity contribution < 1.29 is 22.9 Å². The minimum Gasteiger partial charge on any atom is -0.404 e. The van der Waals surface area contributed by atoms with Crippen molar-refractivity contribution >= 4 is 31.0 Å². The van der Waals surface area contributed by atoms with Crippen molar-refractivity contribution in [3.8, 4) is 5.75 Å². The van der Waals surface area contributed by atoms with Gasteiger partial charge in [0.1, 0.15) is 12.4 Å². The number of carbonyl (C=O) groups is 1. The molecule has 0 bridgehead atoms. The number of aromatic nitrogens is 1. The van der Waals surface area contributed by atoms with Crippen LogP contribution < -0.4 is 9.84 Å². The van der Waals surface area contributed by atoms with Crippen LogP contribution in [0.4, 0.5) is 5.69 Å². The number of benzene rings is 1. The van der Waals surface area contributed by atoms with Crippen LogP contribution >= 0.6 is 19.4 Å². The molecule has 0 saturated heterocycles. The van der Waals surface area contributed by atoms with Crippen LogP contribution in [0.2, 0.25) is 5.02 Å². The normalized spacial score (nSPS) is 13.1. The first kappa shape index (κ1) is 19.4. The Kier molecular flexibility index (Phi) is 6.56. The van der Waals surface area contributed by atoms with Crippen molar-refractivity contribution in [1.82, 2.24) is 4.98 Å². The van der Waals surface area contributed by atoms with E-state index in [2.05, 4.69) is 10.3 Å². The van der Waals surface area contributed by atoms with E-state index in [0.717, 1.165) is 5.69 Å². The molecule has 1 aromatic carbocycles. The molecule has 1 N–H and O–H groups in total. The zero-order valence-electron chi connectivity index (χ0n) is 14.0. The number of halogens is 1. The molecule has 0 spiro atoms. The van der Waals surface area contributed by atoms with Gasteiger partial charge in [-0.3, -0.25) is 18.8 Å². The molecular weight excluding hydrogens is 367 g/mol. The monoisotopic (exact) mass is 384 g/mol. The molecule has 25 heavy (non-hydrogen) atoms. The summed E-state index contributed by atoms with van der Waals surface area (Å²) >= 11 is 5.77. The minimum absolute atomic E-state index is 0.244. The van der Waals surface area contributed by atoms with E-state index >= 15 is 0 Å². The second-order valence-corrected chi connectivity index (χ2v) is 7.22. The lowest BCUT2D eigenvalue weighted by Crippen LogP contribution is -2.19. The van der Waals surface area contributed by atoms with Crippen LogP contribution in [-0.4, -0.2) is 24.6 Å². The quantitative estimate of drug-likeness (QED) is 0.722. The second-order valence-electron chi connectivity index (χ2n) is 5.08. The zero-order valence-corrected chi connectivity index (χ0v) is 15.6. The van der Waals surface area contributed by atoms with Gasteiger partial charge in [-0.15, -0.1) is 0 Å². The summed E-state index contributed by atoms with van der Waals surface area (Å²) < 4.78 is 27.5. The first-order valence-corrected chi connectivity index (χ1v) is 9.15. The number of carbonyl (C=O) groups excluding carboxylic acids is 1. The maximum atomic E-state index is 12.4. The molecule has 9 heteroatoms. The number of aryl methyl sites for hydroxylation is 2. The lowest BCUT2D eigenvalue weighted by Gasteiger charge is -2.16. The number of nitrogens with zero attached hydrogens (tertiary/aromatic N) is 1. The van der Waals surface area contributed by atoms with Crippen molar-refractivity contribution in [2.24, 2.45) is 0 Å². The van der Waals surface area contributed by atoms with Gasteiger partial charge in [-0.25, -0.2) is 4.57 Å². The number of hydrogen-bond donors (Lipinski definition) is 1. The highest BCUT2D eigenvalue weighted by Crippen LogP contribution is 2.48. The Morgan fingerprint density at radius 3 is 2.48 bits per heavy atom. The number of rotatable bonds is 7. The van der Waals surface area contributed by atoms with E-state index in [1.807, 2.05) is 6.92 Å². The van der Waals surface area contributed by atoms with E-state index in [-0.39, 0.29) is 5.75 Å². The second kappa shape index (κ2) is 8.45.